The number of benzene rings is 1. The molecule has 0 N–H and O–H groups in total. The molecule has 0 radical (unpaired) electrons. The van der Waals surface area contributed by atoms with Crippen LogP contribution < -0.4 is 0 Å². The minimum absolute atomic E-state index is 0.222. The monoisotopic (exact) mass is 311 g/mol. The van der Waals surface area contributed by atoms with Crippen LogP contribution in [0.3, 0.4) is 0 Å². The summed E-state index contributed by atoms with van der Waals surface area (Å²) in [7, 11) is -3.57. The first-order valence-corrected chi connectivity index (χ1v) is 8.77. The second-order valence-electron chi connectivity index (χ2n) is 5.13. The Hall–Kier alpha value is -1.16. The van der Waals surface area contributed by atoms with Gasteiger partial charge < -0.3 is 14.3 Å². The third-order valence-electron chi connectivity index (χ3n) is 3.97. The van der Waals surface area contributed by atoms with E-state index >= 15 is 0 Å². The molecule has 0 saturated carbocycles. The van der Waals surface area contributed by atoms with Crippen LogP contribution in [0.1, 0.15) is 38.7 Å². The van der Waals surface area contributed by atoms with Crippen molar-refractivity contribution in [1.82, 2.24) is 0 Å². The molecule has 0 saturated heterocycles. The third kappa shape index (κ3) is 2.66. The Balaban J connectivity index is 2.48. The molecule has 116 valence electrons. The number of hydrogen-bond donors (Lipinski definition) is 0. The molecular formula is C15H22NO4P. The predicted octanol–water partition coefficient (Wildman–Crippen LogP) is 3.74. The molecule has 0 aromatic heterocycles. The average molecular weight is 311 g/mol. The second-order valence-corrected chi connectivity index (χ2v) is 7.55. The van der Waals surface area contributed by atoms with Crippen LogP contribution in [0.4, 0.5) is 0 Å². The van der Waals surface area contributed by atoms with E-state index in [2.05, 4.69) is 0 Å². The Kier molecular flexibility index (Phi) is 4.87. The topological polar surface area (TPSA) is 61.6 Å². The first kappa shape index (κ1) is 16.2. The fourth-order valence-electron chi connectivity index (χ4n) is 2.85. The molecule has 1 aromatic rings. The number of hydrogen-bond acceptors (Lipinski definition) is 4. The van der Waals surface area contributed by atoms with Gasteiger partial charge in [-0.15, -0.1) is 0 Å². The van der Waals surface area contributed by atoms with Crippen LogP contribution in [-0.4, -0.2) is 29.4 Å². The number of nitrogens with zero attached hydrogens (tertiary/aromatic N) is 1. The van der Waals surface area contributed by atoms with Gasteiger partial charge in [0.05, 0.1) is 19.1 Å². The summed E-state index contributed by atoms with van der Waals surface area (Å²) < 4.78 is 24.9. The molecule has 0 aliphatic carbocycles. The Labute approximate surface area is 125 Å². The van der Waals surface area contributed by atoms with Gasteiger partial charge in [-0.2, -0.15) is 4.74 Å². The van der Waals surface area contributed by atoms with Gasteiger partial charge in [-0.25, -0.2) is 0 Å². The van der Waals surface area contributed by atoms with Crippen LogP contribution in [0.15, 0.2) is 30.3 Å². The van der Waals surface area contributed by atoms with Gasteiger partial charge in [0.1, 0.15) is 0 Å². The average Bonchev–Trinajstić information content (AvgIpc) is 2.78. The molecule has 0 unspecified atom stereocenters. The Morgan fingerprint density at radius 1 is 1.29 bits per heavy atom. The molecule has 0 spiro atoms. The molecule has 6 heteroatoms. The first-order chi connectivity index (χ1) is 9.99. The van der Waals surface area contributed by atoms with Crippen molar-refractivity contribution in [2.24, 2.45) is 0 Å². The predicted molar refractivity (Wildman–Crippen MR) is 82.8 cm³/mol. The number of hydroxylamine groups is 1. The standard InChI is InChI=1S/C15H22NO4P/c1-4-19-21(18,20-5-2)15(3)14(11-12-16(15)17)13-9-7-6-8-10-13/h6-10,12,14H,4-5,11H2,1-3H3/t14-,15+/m0/s1. The zero-order chi connectivity index (χ0) is 15.5. The van der Waals surface area contributed by atoms with Crippen LogP contribution in [0.25, 0.3) is 0 Å². The summed E-state index contributed by atoms with van der Waals surface area (Å²) in [6, 6.07) is 9.63. The van der Waals surface area contributed by atoms with Crippen molar-refractivity contribution in [2.45, 2.75) is 38.4 Å². The van der Waals surface area contributed by atoms with Crippen LogP contribution in [0.2, 0.25) is 0 Å². The van der Waals surface area contributed by atoms with Crippen molar-refractivity contribution in [1.29, 1.82) is 0 Å². The quantitative estimate of drug-likeness (QED) is 0.456. The molecule has 1 aliphatic rings. The highest BCUT2D eigenvalue weighted by Crippen LogP contribution is 2.66. The van der Waals surface area contributed by atoms with Gasteiger partial charge in [0.2, 0.25) is 0 Å². The van der Waals surface area contributed by atoms with E-state index < -0.39 is 12.9 Å². The second kappa shape index (κ2) is 6.30. The van der Waals surface area contributed by atoms with Gasteiger partial charge in [0, 0.05) is 13.3 Å². The molecular weight excluding hydrogens is 289 g/mol. The zero-order valence-corrected chi connectivity index (χ0v) is 13.6. The highest BCUT2D eigenvalue weighted by molar-refractivity contribution is 7.55. The van der Waals surface area contributed by atoms with Crippen LogP contribution in [-0.2, 0) is 13.6 Å². The van der Waals surface area contributed by atoms with Crippen LogP contribution >= 0.6 is 7.60 Å². The molecule has 2 rings (SSSR count). The van der Waals surface area contributed by atoms with Crippen LogP contribution in [0, 0.1) is 5.21 Å². The third-order valence-corrected chi connectivity index (χ3v) is 6.78. The van der Waals surface area contributed by atoms with E-state index in [1.807, 2.05) is 30.3 Å². The first-order valence-electron chi connectivity index (χ1n) is 7.23. The van der Waals surface area contributed by atoms with E-state index in [9.17, 15) is 9.77 Å². The Bertz CT molecular complexity index is 550. The van der Waals surface area contributed by atoms with E-state index in [-0.39, 0.29) is 19.1 Å². The summed E-state index contributed by atoms with van der Waals surface area (Å²) in [5.41, 5.74) is 0.967. The zero-order valence-electron chi connectivity index (χ0n) is 12.7. The van der Waals surface area contributed by atoms with E-state index in [4.69, 9.17) is 9.05 Å². The lowest BCUT2D eigenvalue weighted by molar-refractivity contribution is -0.510. The molecule has 0 amide bonds. The normalized spacial score (nSPS) is 25.9. The van der Waals surface area contributed by atoms with Crippen molar-refractivity contribution in [2.75, 3.05) is 13.2 Å². The lowest BCUT2D eigenvalue weighted by atomic mass is 9.92. The van der Waals surface area contributed by atoms with Gasteiger partial charge in [-0.3, -0.25) is 4.57 Å². The molecule has 1 aliphatic heterocycles. The van der Waals surface area contributed by atoms with E-state index in [0.29, 0.717) is 6.42 Å². The van der Waals surface area contributed by atoms with E-state index in [1.165, 1.54) is 6.21 Å². The van der Waals surface area contributed by atoms with Crippen LogP contribution in [0.5, 0.6) is 0 Å². The summed E-state index contributed by atoms with van der Waals surface area (Å²) in [6.07, 6.45) is 2.05. The number of rotatable bonds is 6. The van der Waals surface area contributed by atoms with Crippen molar-refractivity contribution < 1.29 is 18.4 Å². The maximum atomic E-state index is 13.2. The largest absolute Gasteiger partial charge is 0.623 e. The van der Waals surface area contributed by atoms with E-state index in [1.54, 1.807) is 20.8 Å². The summed E-state index contributed by atoms with van der Waals surface area (Å²) in [6.45, 7) is 5.65. The minimum Gasteiger partial charge on any atom is -0.623 e. The highest BCUT2D eigenvalue weighted by atomic mass is 31.2. The van der Waals surface area contributed by atoms with Gasteiger partial charge >= 0.3 is 7.60 Å². The molecule has 5 nitrogen and oxygen atoms in total. The van der Waals surface area contributed by atoms with Crippen molar-refractivity contribution >= 4 is 13.8 Å². The molecule has 1 aromatic carbocycles. The fraction of sp³-hybridized carbons (Fsp3) is 0.533. The maximum absolute atomic E-state index is 13.2. The molecule has 0 bridgehead atoms. The lowest BCUT2D eigenvalue weighted by Gasteiger charge is -2.35. The van der Waals surface area contributed by atoms with Crippen molar-refractivity contribution in [3.8, 4) is 0 Å². The Morgan fingerprint density at radius 2 is 1.86 bits per heavy atom. The van der Waals surface area contributed by atoms with Gasteiger partial charge in [0.15, 0.2) is 6.21 Å². The molecule has 2 atom stereocenters. The van der Waals surface area contributed by atoms with Crippen molar-refractivity contribution in [3.05, 3.63) is 41.1 Å². The SMILES string of the molecule is CCOP(=O)(OCC)[C@]1(C)[C@H](c2ccccc2)CC=[N+]1[O-]. The van der Waals surface area contributed by atoms with Crippen molar-refractivity contribution in [3.63, 3.8) is 0 Å². The summed E-state index contributed by atoms with van der Waals surface area (Å²) >= 11 is 0. The maximum Gasteiger partial charge on any atom is 0.402 e. The highest BCUT2D eigenvalue weighted by Gasteiger charge is 2.62. The molecule has 21 heavy (non-hydrogen) atoms. The smallest absolute Gasteiger partial charge is 0.402 e. The fourth-order valence-corrected chi connectivity index (χ4v) is 5.09. The van der Waals surface area contributed by atoms with E-state index in [0.717, 1.165) is 10.3 Å². The summed E-state index contributed by atoms with van der Waals surface area (Å²) in [4.78, 5) is 0. The minimum atomic E-state index is -3.57. The molecule has 0 fully saturated rings. The lowest BCUT2D eigenvalue weighted by Crippen LogP contribution is -2.39. The van der Waals surface area contributed by atoms with Gasteiger partial charge in [0.25, 0.3) is 5.28 Å². The van der Waals surface area contributed by atoms with Gasteiger partial charge in [-0.05, 0) is 19.4 Å². The summed E-state index contributed by atoms with van der Waals surface area (Å²) in [5, 5.41) is 11.2. The molecule has 1 heterocycles. The Morgan fingerprint density at radius 3 is 2.38 bits per heavy atom. The summed E-state index contributed by atoms with van der Waals surface area (Å²) in [5.74, 6) is -0.222. The van der Waals surface area contributed by atoms with Gasteiger partial charge in [-0.1, -0.05) is 30.3 Å².